The maximum atomic E-state index is 10.5. The summed E-state index contributed by atoms with van der Waals surface area (Å²) in [5, 5.41) is 11.4. The number of rotatable bonds is 5. The van der Waals surface area contributed by atoms with E-state index in [1.807, 2.05) is 42.5 Å². The summed E-state index contributed by atoms with van der Waals surface area (Å²) in [5.74, 6) is 0.508. The first-order valence-electron chi connectivity index (χ1n) is 5.53. The Morgan fingerprint density at radius 2 is 1.78 bits per heavy atom. The Morgan fingerprint density at radius 1 is 1.06 bits per heavy atom. The van der Waals surface area contributed by atoms with E-state index in [4.69, 9.17) is 9.84 Å². The highest BCUT2D eigenvalue weighted by atomic mass is 16.5. The SMILES string of the molecule is O=C(O)CNc1cccc(Oc2ccccc2)c1. The summed E-state index contributed by atoms with van der Waals surface area (Å²) in [6.07, 6.45) is 0. The number of hydrogen-bond donors (Lipinski definition) is 2. The molecule has 92 valence electrons. The molecule has 0 aliphatic heterocycles. The molecule has 2 aromatic rings. The summed E-state index contributed by atoms with van der Waals surface area (Å²) in [6.45, 7) is -0.116. The molecule has 2 rings (SSSR count). The number of carboxylic acids is 1. The van der Waals surface area contributed by atoms with Crippen LogP contribution in [0.15, 0.2) is 54.6 Å². The molecule has 4 heteroatoms. The molecule has 4 nitrogen and oxygen atoms in total. The van der Waals surface area contributed by atoms with Gasteiger partial charge in [0.15, 0.2) is 0 Å². The number of aliphatic carboxylic acids is 1. The topological polar surface area (TPSA) is 58.6 Å². The highest BCUT2D eigenvalue weighted by Crippen LogP contribution is 2.23. The third kappa shape index (κ3) is 3.52. The van der Waals surface area contributed by atoms with E-state index >= 15 is 0 Å². The molecule has 0 bridgehead atoms. The van der Waals surface area contributed by atoms with Crippen molar-refractivity contribution in [3.63, 3.8) is 0 Å². The molecular weight excluding hydrogens is 230 g/mol. The molecule has 0 atom stereocenters. The predicted molar refractivity (Wildman–Crippen MR) is 69.1 cm³/mol. The van der Waals surface area contributed by atoms with Crippen molar-refractivity contribution in [1.29, 1.82) is 0 Å². The van der Waals surface area contributed by atoms with Gasteiger partial charge in [0, 0.05) is 11.8 Å². The molecule has 0 aliphatic rings. The van der Waals surface area contributed by atoms with E-state index in [0.29, 0.717) is 11.4 Å². The van der Waals surface area contributed by atoms with Gasteiger partial charge in [0.05, 0.1) is 0 Å². The van der Waals surface area contributed by atoms with Gasteiger partial charge in [0.25, 0.3) is 0 Å². The molecule has 2 aromatic carbocycles. The van der Waals surface area contributed by atoms with Gasteiger partial charge >= 0.3 is 5.97 Å². The van der Waals surface area contributed by atoms with Crippen molar-refractivity contribution < 1.29 is 14.6 Å². The first kappa shape index (κ1) is 12.0. The van der Waals surface area contributed by atoms with Gasteiger partial charge in [0.2, 0.25) is 0 Å². The van der Waals surface area contributed by atoms with E-state index in [0.717, 1.165) is 5.75 Å². The van der Waals surface area contributed by atoms with Gasteiger partial charge in [-0.05, 0) is 24.3 Å². The number of nitrogens with one attached hydrogen (secondary N) is 1. The maximum Gasteiger partial charge on any atom is 0.322 e. The lowest BCUT2D eigenvalue weighted by Gasteiger charge is -2.08. The lowest BCUT2D eigenvalue weighted by Crippen LogP contribution is -2.12. The zero-order chi connectivity index (χ0) is 12.8. The molecule has 18 heavy (non-hydrogen) atoms. The fourth-order valence-corrected chi connectivity index (χ4v) is 1.47. The van der Waals surface area contributed by atoms with Gasteiger partial charge in [-0.25, -0.2) is 0 Å². The summed E-state index contributed by atoms with van der Waals surface area (Å²) in [4.78, 5) is 10.5. The first-order valence-corrected chi connectivity index (χ1v) is 5.53. The molecule has 0 aliphatic carbocycles. The highest BCUT2D eigenvalue weighted by molar-refractivity contribution is 5.72. The molecule has 0 heterocycles. The Labute approximate surface area is 105 Å². The molecule has 0 radical (unpaired) electrons. The normalized spacial score (nSPS) is 9.78. The lowest BCUT2D eigenvalue weighted by molar-refractivity contribution is -0.134. The molecule has 0 fully saturated rings. The minimum absolute atomic E-state index is 0.116. The van der Waals surface area contributed by atoms with Crippen molar-refractivity contribution >= 4 is 11.7 Å². The van der Waals surface area contributed by atoms with Crippen molar-refractivity contribution in [2.24, 2.45) is 0 Å². The number of carbonyl (C=O) groups is 1. The second kappa shape index (κ2) is 5.72. The third-order valence-electron chi connectivity index (χ3n) is 2.26. The van der Waals surface area contributed by atoms with E-state index < -0.39 is 5.97 Å². The van der Waals surface area contributed by atoms with Crippen LogP contribution in [0.3, 0.4) is 0 Å². The van der Waals surface area contributed by atoms with Crippen LogP contribution in [0.25, 0.3) is 0 Å². The number of anilines is 1. The van der Waals surface area contributed by atoms with Crippen LogP contribution in [0.4, 0.5) is 5.69 Å². The van der Waals surface area contributed by atoms with Gasteiger partial charge in [-0.3, -0.25) is 4.79 Å². The van der Waals surface area contributed by atoms with Crippen molar-refractivity contribution in [3.05, 3.63) is 54.6 Å². The molecule has 2 N–H and O–H groups in total. The number of carboxylic acid groups (broad SMARTS) is 1. The number of benzene rings is 2. The molecule has 0 saturated heterocycles. The van der Waals surface area contributed by atoms with Crippen LogP contribution in [0.1, 0.15) is 0 Å². The number of ether oxygens (including phenoxy) is 1. The number of hydrogen-bond acceptors (Lipinski definition) is 3. The van der Waals surface area contributed by atoms with E-state index in [9.17, 15) is 4.79 Å². The third-order valence-corrected chi connectivity index (χ3v) is 2.26. The van der Waals surface area contributed by atoms with E-state index in [1.54, 1.807) is 12.1 Å². The van der Waals surface area contributed by atoms with Crippen LogP contribution < -0.4 is 10.1 Å². The molecule has 0 amide bonds. The standard InChI is InChI=1S/C14H13NO3/c16-14(17)10-15-11-5-4-8-13(9-11)18-12-6-2-1-3-7-12/h1-9,15H,10H2,(H,16,17). The summed E-state index contributed by atoms with van der Waals surface area (Å²) in [7, 11) is 0. The summed E-state index contributed by atoms with van der Waals surface area (Å²) in [5.41, 5.74) is 0.714. The molecule has 0 saturated carbocycles. The van der Waals surface area contributed by atoms with Crippen LogP contribution in [0.2, 0.25) is 0 Å². The van der Waals surface area contributed by atoms with Crippen LogP contribution in [0.5, 0.6) is 11.5 Å². The van der Waals surface area contributed by atoms with Crippen LogP contribution in [-0.4, -0.2) is 17.6 Å². The average molecular weight is 243 g/mol. The van der Waals surface area contributed by atoms with E-state index in [2.05, 4.69) is 5.32 Å². The van der Waals surface area contributed by atoms with Gasteiger partial charge in [-0.15, -0.1) is 0 Å². The Morgan fingerprint density at radius 3 is 2.50 bits per heavy atom. The Bertz CT molecular complexity index is 526. The highest BCUT2D eigenvalue weighted by Gasteiger charge is 2.00. The summed E-state index contributed by atoms with van der Waals surface area (Å²) in [6, 6.07) is 16.6. The van der Waals surface area contributed by atoms with Gasteiger partial charge in [-0.2, -0.15) is 0 Å². The van der Waals surface area contributed by atoms with Crippen LogP contribution in [0, 0.1) is 0 Å². The second-order valence-corrected chi connectivity index (χ2v) is 3.69. The quantitative estimate of drug-likeness (QED) is 0.847. The van der Waals surface area contributed by atoms with E-state index in [1.165, 1.54) is 0 Å². The van der Waals surface area contributed by atoms with Crippen molar-refractivity contribution in [1.82, 2.24) is 0 Å². The zero-order valence-corrected chi connectivity index (χ0v) is 9.67. The average Bonchev–Trinajstić information content (AvgIpc) is 2.38. The Balaban J connectivity index is 2.05. The van der Waals surface area contributed by atoms with Crippen LogP contribution in [-0.2, 0) is 4.79 Å². The van der Waals surface area contributed by atoms with Crippen molar-refractivity contribution in [3.8, 4) is 11.5 Å². The van der Waals surface area contributed by atoms with Crippen LogP contribution >= 0.6 is 0 Å². The zero-order valence-electron chi connectivity index (χ0n) is 9.67. The monoisotopic (exact) mass is 243 g/mol. The van der Waals surface area contributed by atoms with Crippen molar-refractivity contribution in [2.45, 2.75) is 0 Å². The molecule has 0 spiro atoms. The fraction of sp³-hybridized carbons (Fsp3) is 0.0714. The van der Waals surface area contributed by atoms with E-state index in [-0.39, 0.29) is 6.54 Å². The fourth-order valence-electron chi connectivity index (χ4n) is 1.47. The van der Waals surface area contributed by atoms with Gasteiger partial charge in [0.1, 0.15) is 18.0 Å². The summed E-state index contributed by atoms with van der Waals surface area (Å²) < 4.78 is 5.64. The minimum Gasteiger partial charge on any atom is -0.480 e. The lowest BCUT2D eigenvalue weighted by atomic mass is 10.3. The number of para-hydroxylation sites is 1. The minimum atomic E-state index is -0.899. The smallest absolute Gasteiger partial charge is 0.322 e. The van der Waals surface area contributed by atoms with Crippen molar-refractivity contribution in [2.75, 3.05) is 11.9 Å². The van der Waals surface area contributed by atoms with Gasteiger partial charge < -0.3 is 15.2 Å². The van der Waals surface area contributed by atoms with Gasteiger partial charge in [-0.1, -0.05) is 24.3 Å². The second-order valence-electron chi connectivity index (χ2n) is 3.69. The first-order chi connectivity index (χ1) is 8.74. The Kier molecular flexibility index (Phi) is 3.81. The summed E-state index contributed by atoms with van der Waals surface area (Å²) >= 11 is 0. The molecule has 0 aromatic heterocycles. The predicted octanol–water partition coefficient (Wildman–Crippen LogP) is 2.98. The largest absolute Gasteiger partial charge is 0.480 e. The Hall–Kier alpha value is -2.49. The molecular formula is C14H13NO3. The maximum absolute atomic E-state index is 10.5. The molecule has 0 unspecified atom stereocenters.